The van der Waals surface area contributed by atoms with Gasteiger partial charge in [0.05, 0.1) is 0 Å². The molecule has 2 aromatic rings. The van der Waals surface area contributed by atoms with Crippen LogP contribution in [0.15, 0.2) is 48.8 Å². The van der Waals surface area contributed by atoms with E-state index >= 15 is 0 Å². The minimum Gasteiger partial charge on any atom is -0.378 e. The van der Waals surface area contributed by atoms with Gasteiger partial charge in [-0.05, 0) is 47.9 Å². The Balaban J connectivity index is 2.23. The summed E-state index contributed by atoms with van der Waals surface area (Å²) in [6, 6.07) is 12.6. The minimum atomic E-state index is 1.21. The molecular weight excluding hydrogens is 220 g/mol. The largest absolute Gasteiger partial charge is 0.378 e. The van der Waals surface area contributed by atoms with Crippen LogP contribution in [0.4, 0.5) is 5.69 Å². The van der Waals surface area contributed by atoms with Crippen LogP contribution in [-0.2, 0) is 0 Å². The maximum Gasteiger partial charge on any atom is 0.0361 e. The van der Waals surface area contributed by atoms with Crippen LogP contribution >= 0.6 is 0 Å². The summed E-state index contributed by atoms with van der Waals surface area (Å²) in [4.78, 5) is 6.13. The van der Waals surface area contributed by atoms with Gasteiger partial charge in [-0.2, -0.15) is 0 Å². The van der Waals surface area contributed by atoms with Crippen LogP contribution in [0, 0.1) is 0 Å². The van der Waals surface area contributed by atoms with E-state index in [1.165, 1.54) is 22.4 Å². The Morgan fingerprint density at radius 3 is 2.17 bits per heavy atom. The van der Waals surface area contributed by atoms with Gasteiger partial charge in [0, 0.05) is 32.2 Å². The molecule has 2 rings (SSSR count). The Morgan fingerprint density at radius 2 is 1.61 bits per heavy atom. The Hall–Kier alpha value is -2.09. The van der Waals surface area contributed by atoms with Crippen molar-refractivity contribution in [3.63, 3.8) is 0 Å². The van der Waals surface area contributed by atoms with Crippen molar-refractivity contribution in [3.8, 4) is 0 Å². The Bertz CT molecular complexity index is 525. The Kier molecular flexibility index (Phi) is 3.78. The maximum atomic E-state index is 4.03. The van der Waals surface area contributed by atoms with Crippen LogP contribution in [0.3, 0.4) is 0 Å². The molecule has 0 atom stereocenters. The Morgan fingerprint density at radius 1 is 1.00 bits per heavy atom. The molecule has 1 aromatic heterocycles. The fourth-order valence-electron chi connectivity index (χ4n) is 1.82. The van der Waals surface area contributed by atoms with Crippen molar-refractivity contribution in [3.05, 3.63) is 59.9 Å². The first-order valence-electron chi connectivity index (χ1n) is 6.03. The number of aromatic nitrogens is 1. The highest BCUT2D eigenvalue weighted by molar-refractivity contribution is 5.80. The summed E-state index contributed by atoms with van der Waals surface area (Å²) in [6.07, 6.45) is 5.83. The number of pyridine rings is 1. The third-order valence-corrected chi connectivity index (χ3v) is 2.93. The number of allylic oxidation sites excluding steroid dienone is 1. The van der Waals surface area contributed by atoms with E-state index in [1.54, 1.807) is 0 Å². The zero-order valence-corrected chi connectivity index (χ0v) is 11.1. The van der Waals surface area contributed by atoms with Gasteiger partial charge in [0.15, 0.2) is 0 Å². The average Bonchev–Trinajstić information content (AvgIpc) is 2.40. The van der Waals surface area contributed by atoms with Crippen molar-refractivity contribution < 1.29 is 0 Å². The second-order valence-electron chi connectivity index (χ2n) is 4.55. The Labute approximate surface area is 109 Å². The normalized spacial score (nSPS) is 11.4. The standard InChI is InChI=1S/C16H18N2/c1-13(15-8-10-17-11-9-15)12-14-4-6-16(7-5-14)18(2)3/h4-12H,1-3H3/b13-12+. The highest BCUT2D eigenvalue weighted by Gasteiger charge is 1.97. The number of rotatable bonds is 3. The third kappa shape index (κ3) is 2.98. The number of anilines is 1. The van der Waals surface area contributed by atoms with Crippen LogP contribution in [0.1, 0.15) is 18.1 Å². The van der Waals surface area contributed by atoms with Gasteiger partial charge in [-0.25, -0.2) is 0 Å². The molecule has 18 heavy (non-hydrogen) atoms. The molecule has 0 fully saturated rings. The number of benzene rings is 1. The van der Waals surface area contributed by atoms with Crippen molar-refractivity contribution >= 4 is 17.3 Å². The lowest BCUT2D eigenvalue weighted by molar-refractivity contribution is 1.13. The van der Waals surface area contributed by atoms with Crippen LogP contribution < -0.4 is 4.90 Å². The molecule has 92 valence electrons. The summed E-state index contributed by atoms with van der Waals surface area (Å²) in [5.74, 6) is 0. The van der Waals surface area contributed by atoms with Crippen molar-refractivity contribution in [2.24, 2.45) is 0 Å². The predicted molar refractivity (Wildman–Crippen MR) is 78.6 cm³/mol. The van der Waals surface area contributed by atoms with Gasteiger partial charge in [0.1, 0.15) is 0 Å². The molecule has 1 heterocycles. The minimum absolute atomic E-state index is 1.21. The fraction of sp³-hybridized carbons (Fsp3) is 0.188. The van der Waals surface area contributed by atoms with Crippen molar-refractivity contribution in [2.75, 3.05) is 19.0 Å². The lowest BCUT2D eigenvalue weighted by Crippen LogP contribution is -2.07. The third-order valence-electron chi connectivity index (χ3n) is 2.93. The molecular formula is C16H18N2. The first kappa shape index (κ1) is 12.4. The maximum absolute atomic E-state index is 4.03. The van der Waals surface area contributed by atoms with E-state index in [0.717, 1.165) is 0 Å². The number of nitrogens with zero attached hydrogens (tertiary/aromatic N) is 2. The molecule has 0 aliphatic rings. The first-order chi connectivity index (χ1) is 8.66. The quantitative estimate of drug-likeness (QED) is 0.810. The molecule has 2 heteroatoms. The fourth-order valence-corrected chi connectivity index (χ4v) is 1.82. The molecule has 0 spiro atoms. The second-order valence-corrected chi connectivity index (χ2v) is 4.55. The predicted octanol–water partition coefficient (Wildman–Crippen LogP) is 3.71. The molecule has 0 saturated carbocycles. The van der Waals surface area contributed by atoms with Gasteiger partial charge in [-0.15, -0.1) is 0 Å². The molecule has 0 radical (unpaired) electrons. The summed E-state index contributed by atoms with van der Waals surface area (Å²) in [7, 11) is 4.10. The first-order valence-corrected chi connectivity index (χ1v) is 6.03. The van der Waals surface area contributed by atoms with Gasteiger partial charge in [-0.1, -0.05) is 18.2 Å². The summed E-state index contributed by atoms with van der Waals surface area (Å²) in [5, 5.41) is 0. The topological polar surface area (TPSA) is 16.1 Å². The van der Waals surface area contributed by atoms with Gasteiger partial charge in [0.2, 0.25) is 0 Å². The lowest BCUT2D eigenvalue weighted by atomic mass is 10.1. The molecule has 2 nitrogen and oxygen atoms in total. The highest BCUT2D eigenvalue weighted by atomic mass is 15.1. The number of hydrogen-bond acceptors (Lipinski definition) is 2. The molecule has 1 aromatic carbocycles. The van der Waals surface area contributed by atoms with Crippen LogP contribution in [0.2, 0.25) is 0 Å². The van der Waals surface area contributed by atoms with Gasteiger partial charge in [0.25, 0.3) is 0 Å². The smallest absolute Gasteiger partial charge is 0.0361 e. The van der Waals surface area contributed by atoms with E-state index in [1.807, 2.05) is 38.6 Å². The number of hydrogen-bond donors (Lipinski definition) is 0. The molecule has 0 aliphatic carbocycles. The molecule has 0 saturated heterocycles. The summed E-state index contributed by atoms with van der Waals surface area (Å²) < 4.78 is 0. The van der Waals surface area contributed by atoms with Crippen molar-refractivity contribution in [1.29, 1.82) is 0 Å². The molecule has 0 unspecified atom stereocenters. The molecule has 0 aliphatic heterocycles. The van der Waals surface area contributed by atoms with E-state index in [2.05, 4.69) is 47.1 Å². The monoisotopic (exact) mass is 238 g/mol. The van der Waals surface area contributed by atoms with E-state index in [9.17, 15) is 0 Å². The van der Waals surface area contributed by atoms with Crippen LogP contribution in [-0.4, -0.2) is 19.1 Å². The lowest BCUT2D eigenvalue weighted by Gasteiger charge is -2.12. The van der Waals surface area contributed by atoms with Gasteiger partial charge in [-0.3, -0.25) is 4.98 Å². The summed E-state index contributed by atoms with van der Waals surface area (Å²) in [5.41, 5.74) is 4.89. The van der Waals surface area contributed by atoms with E-state index in [-0.39, 0.29) is 0 Å². The van der Waals surface area contributed by atoms with Gasteiger partial charge >= 0.3 is 0 Å². The van der Waals surface area contributed by atoms with E-state index in [0.29, 0.717) is 0 Å². The highest BCUT2D eigenvalue weighted by Crippen LogP contribution is 2.19. The second kappa shape index (κ2) is 5.50. The zero-order valence-electron chi connectivity index (χ0n) is 11.1. The molecule has 0 N–H and O–H groups in total. The zero-order chi connectivity index (χ0) is 13.0. The molecule has 0 bridgehead atoms. The van der Waals surface area contributed by atoms with Crippen LogP contribution in [0.25, 0.3) is 11.6 Å². The van der Waals surface area contributed by atoms with Gasteiger partial charge < -0.3 is 4.90 Å². The van der Waals surface area contributed by atoms with E-state index < -0.39 is 0 Å². The summed E-state index contributed by atoms with van der Waals surface area (Å²) in [6.45, 7) is 2.12. The van der Waals surface area contributed by atoms with E-state index in [4.69, 9.17) is 0 Å². The van der Waals surface area contributed by atoms with Crippen molar-refractivity contribution in [2.45, 2.75) is 6.92 Å². The molecule has 0 amide bonds. The van der Waals surface area contributed by atoms with Crippen LogP contribution in [0.5, 0.6) is 0 Å². The van der Waals surface area contributed by atoms with Crippen molar-refractivity contribution in [1.82, 2.24) is 4.98 Å². The average molecular weight is 238 g/mol. The summed E-state index contributed by atoms with van der Waals surface area (Å²) >= 11 is 0. The SMILES string of the molecule is C/C(=C\c1ccc(N(C)C)cc1)c1ccncc1.